The van der Waals surface area contributed by atoms with Gasteiger partial charge in [-0.15, -0.1) is 11.3 Å². The Balaban J connectivity index is 1.76. The van der Waals surface area contributed by atoms with E-state index >= 15 is 0 Å². The van der Waals surface area contributed by atoms with Crippen molar-refractivity contribution >= 4 is 34.5 Å². The van der Waals surface area contributed by atoms with E-state index in [4.69, 9.17) is 10.5 Å². The van der Waals surface area contributed by atoms with Gasteiger partial charge in [-0.2, -0.15) is 0 Å². The number of aromatic nitrogens is 1. The molecule has 1 fully saturated rings. The van der Waals surface area contributed by atoms with Crippen LogP contribution in [0.15, 0.2) is 23.6 Å². The summed E-state index contributed by atoms with van der Waals surface area (Å²) >= 11 is 1.42. The van der Waals surface area contributed by atoms with Crippen molar-refractivity contribution in [2.45, 2.75) is 19.3 Å². The Morgan fingerprint density at radius 1 is 1.48 bits per heavy atom. The number of hydrogen-bond donors (Lipinski definition) is 2. The summed E-state index contributed by atoms with van der Waals surface area (Å²) in [4.78, 5) is 30.2. The third-order valence-electron chi connectivity index (χ3n) is 3.94. The summed E-state index contributed by atoms with van der Waals surface area (Å²) < 4.78 is 5.40. The van der Waals surface area contributed by atoms with Crippen LogP contribution in [0.3, 0.4) is 0 Å². The molecule has 132 valence electrons. The van der Waals surface area contributed by atoms with Crippen LogP contribution in [-0.2, 0) is 11.2 Å². The van der Waals surface area contributed by atoms with Crippen LogP contribution in [0, 0.1) is 0 Å². The zero-order valence-corrected chi connectivity index (χ0v) is 14.8. The van der Waals surface area contributed by atoms with Crippen molar-refractivity contribution in [3.05, 3.63) is 34.3 Å². The van der Waals surface area contributed by atoms with Crippen LogP contribution >= 0.6 is 11.3 Å². The molecular weight excluding hydrogens is 340 g/mol. The number of methoxy groups -OCH3 is 1. The average molecular weight is 360 g/mol. The molecule has 2 heterocycles. The molecule has 8 heteroatoms. The molecule has 0 bridgehead atoms. The van der Waals surface area contributed by atoms with E-state index in [9.17, 15) is 9.59 Å². The second-order valence-electron chi connectivity index (χ2n) is 5.65. The van der Waals surface area contributed by atoms with Crippen LogP contribution < -0.4 is 20.7 Å². The van der Waals surface area contributed by atoms with Crippen molar-refractivity contribution in [1.29, 1.82) is 0 Å². The van der Waals surface area contributed by atoms with Gasteiger partial charge in [-0.25, -0.2) is 4.98 Å². The number of hydrogen-bond acceptors (Lipinski definition) is 6. The summed E-state index contributed by atoms with van der Waals surface area (Å²) in [5.74, 6) is 0.353. The second kappa shape index (κ2) is 7.62. The fourth-order valence-electron chi connectivity index (χ4n) is 2.73. The van der Waals surface area contributed by atoms with E-state index < -0.39 is 0 Å². The summed E-state index contributed by atoms with van der Waals surface area (Å²) in [5.41, 5.74) is 7.18. The van der Waals surface area contributed by atoms with Crippen molar-refractivity contribution < 1.29 is 14.3 Å². The fourth-order valence-corrected chi connectivity index (χ4v) is 3.52. The van der Waals surface area contributed by atoms with Crippen LogP contribution in [0.1, 0.15) is 28.3 Å². The molecule has 0 unspecified atom stereocenters. The molecule has 0 atom stereocenters. The summed E-state index contributed by atoms with van der Waals surface area (Å²) in [6, 6.07) is 5.26. The van der Waals surface area contributed by atoms with Gasteiger partial charge in [0.25, 0.3) is 5.91 Å². The number of nitrogens with two attached hydrogens (primary N) is 1. The Hall–Kier alpha value is -2.45. The maximum Gasteiger partial charge on any atom is 0.275 e. The molecule has 1 aromatic heterocycles. The van der Waals surface area contributed by atoms with Crippen molar-refractivity contribution in [3.8, 4) is 5.75 Å². The first-order valence-corrected chi connectivity index (χ1v) is 8.94. The lowest BCUT2D eigenvalue weighted by Gasteiger charge is -2.19. The van der Waals surface area contributed by atoms with Gasteiger partial charge in [0.05, 0.1) is 17.8 Å². The van der Waals surface area contributed by atoms with E-state index in [0.29, 0.717) is 43.1 Å². The van der Waals surface area contributed by atoms with Crippen molar-refractivity contribution in [2.24, 2.45) is 5.73 Å². The lowest BCUT2D eigenvalue weighted by atomic mass is 10.2. The van der Waals surface area contributed by atoms with Crippen LogP contribution in [0.4, 0.5) is 11.4 Å². The third-order valence-corrected chi connectivity index (χ3v) is 4.85. The van der Waals surface area contributed by atoms with Crippen LogP contribution in [-0.4, -0.2) is 37.0 Å². The van der Waals surface area contributed by atoms with E-state index in [1.807, 2.05) is 0 Å². The van der Waals surface area contributed by atoms with Crippen LogP contribution in [0.5, 0.6) is 5.75 Å². The van der Waals surface area contributed by atoms with Gasteiger partial charge in [0.1, 0.15) is 11.4 Å². The molecule has 0 saturated carbocycles. The molecule has 1 aromatic carbocycles. The number of anilines is 2. The molecule has 0 radical (unpaired) electrons. The van der Waals surface area contributed by atoms with Gasteiger partial charge in [0.15, 0.2) is 0 Å². The molecule has 0 spiro atoms. The fraction of sp³-hybridized carbons (Fsp3) is 0.353. The van der Waals surface area contributed by atoms with E-state index in [1.54, 1.807) is 35.6 Å². The number of benzene rings is 1. The quantitative estimate of drug-likeness (QED) is 0.821. The molecule has 2 amide bonds. The lowest BCUT2D eigenvalue weighted by molar-refractivity contribution is -0.117. The summed E-state index contributed by atoms with van der Waals surface area (Å²) in [6.07, 6.45) is 2.05. The first-order chi connectivity index (χ1) is 12.1. The number of thiazole rings is 1. The monoisotopic (exact) mass is 360 g/mol. The lowest BCUT2D eigenvalue weighted by Crippen LogP contribution is -2.24. The van der Waals surface area contributed by atoms with Gasteiger partial charge < -0.3 is 20.7 Å². The number of carbonyl (C=O) groups excluding carboxylic acids is 2. The van der Waals surface area contributed by atoms with Crippen LogP contribution in [0.2, 0.25) is 0 Å². The van der Waals surface area contributed by atoms with E-state index in [-0.39, 0.29) is 11.8 Å². The molecule has 2 aromatic rings. The number of nitrogens with zero attached hydrogens (tertiary/aromatic N) is 2. The number of nitrogens with one attached hydrogen (secondary N) is 1. The summed E-state index contributed by atoms with van der Waals surface area (Å²) in [7, 11) is 1.55. The minimum Gasteiger partial charge on any atom is -0.494 e. The normalized spacial score (nSPS) is 14.0. The van der Waals surface area contributed by atoms with Gasteiger partial charge in [-0.05, 0) is 25.1 Å². The summed E-state index contributed by atoms with van der Waals surface area (Å²) in [5, 5.41) is 5.37. The molecule has 0 aliphatic carbocycles. The van der Waals surface area contributed by atoms with Gasteiger partial charge in [-0.1, -0.05) is 0 Å². The highest BCUT2D eigenvalue weighted by Crippen LogP contribution is 2.34. The highest BCUT2D eigenvalue weighted by Gasteiger charge is 2.24. The Morgan fingerprint density at radius 2 is 2.32 bits per heavy atom. The van der Waals surface area contributed by atoms with Gasteiger partial charge in [-0.3, -0.25) is 9.59 Å². The maximum absolute atomic E-state index is 12.3. The van der Waals surface area contributed by atoms with Crippen molar-refractivity contribution in [1.82, 2.24) is 4.98 Å². The van der Waals surface area contributed by atoms with Crippen molar-refractivity contribution in [3.63, 3.8) is 0 Å². The zero-order chi connectivity index (χ0) is 17.8. The molecule has 7 nitrogen and oxygen atoms in total. The Labute approximate surface area is 149 Å². The van der Waals surface area contributed by atoms with Crippen LogP contribution in [0.25, 0.3) is 0 Å². The number of carbonyl (C=O) groups is 2. The molecule has 3 N–H and O–H groups in total. The largest absolute Gasteiger partial charge is 0.494 e. The number of ether oxygens (including phenoxy) is 1. The van der Waals surface area contributed by atoms with E-state index in [1.165, 1.54) is 11.3 Å². The Kier molecular flexibility index (Phi) is 5.30. The molecule has 3 rings (SSSR count). The van der Waals surface area contributed by atoms with Gasteiger partial charge >= 0.3 is 0 Å². The third kappa shape index (κ3) is 3.80. The minimum atomic E-state index is -0.286. The highest BCUT2D eigenvalue weighted by atomic mass is 32.1. The smallest absolute Gasteiger partial charge is 0.275 e. The average Bonchev–Trinajstić information content (AvgIpc) is 3.24. The number of amides is 2. The minimum absolute atomic E-state index is 0.0880. The van der Waals surface area contributed by atoms with Gasteiger partial charge in [0.2, 0.25) is 5.91 Å². The summed E-state index contributed by atoms with van der Waals surface area (Å²) in [6.45, 7) is 1.19. The Morgan fingerprint density at radius 3 is 3.00 bits per heavy atom. The highest BCUT2D eigenvalue weighted by molar-refractivity contribution is 7.09. The zero-order valence-electron chi connectivity index (χ0n) is 13.9. The van der Waals surface area contributed by atoms with Gasteiger partial charge in [0, 0.05) is 36.5 Å². The molecule has 1 saturated heterocycles. The van der Waals surface area contributed by atoms with E-state index in [0.717, 1.165) is 17.1 Å². The predicted octanol–water partition coefficient (Wildman–Crippen LogP) is 2.03. The Bertz CT molecular complexity index is 790. The standard InChI is InChI=1S/C17H20N4O3S/c1-24-14-9-11(4-5-13(14)21-8-2-3-16(21)22)19-17(23)12-10-25-15(20-12)6-7-18/h4-5,9-10H,2-3,6-8,18H2,1H3,(H,19,23). The maximum atomic E-state index is 12.3. The molecular formula is C17H20N4O3S. The molecule has 1 aliphatic rings. The van der Waals surface area contributed by atoms with Crippen molar-refractivity contribution in [2.75, 3.05) is 30.4 Å². The first-order valence-electron chi connectivity index (χ1n) is 8.06. The van der Waals surface area contributed by atoms with E-state index in [2.05, 4.69) is 10.3 Å². The predicted molar refractivity (Wildman–Crippen MR) is 97.4 cm³/mol. The topological polar surface area (TPSA) is 97.5 Å². The molecule has 25 heavy (non-hydrogen) atoms. The second-order valence-corrected chi connectivity index (χ2v) is 6.60. The number of rotatable bonds is 6. The molecule has 1 aliphatic heterocycles. The first kappa shape index (κ1) is 17.4. The SMILES string of the molecule is COc1cc(NC(=O)c2csc(CCN)n2)ccc1N1CCCC1=O.